The minimum Gasteiger partial charge on any atom is -0.393 e. The Morgan fingerprint density at radius 2 is 1.91 bits per heavy atom. The van der Waals surface area contributed by atoms with Crippen LogP contribution in [0.5, 0.6) is 0 Å². The number of carbonyl (C=O) groups is 1. The number of aliphatic hydroxyl groups excluding tert-OH is 2. The minimum atomic E-state index is -0.329. The summed E-state index contributed by atoms with van der Waals surface area (Å²) in [7, 11) is 0. The largest absolute Gasteiger partial charge is 0.393 e. The summed E-state index contributed by atoms with van der Waals surface area (Å²) < 4.78 is 0. The van der Waals surface area contributed by atoms with E-state index in [1.807, 2.05) is 4.90 Å². The summed E-state index contributed by atoms with van der Waals surface area (Å²) in [6.07, 6.45) is 15.1. The second kappa shape index (κ2) is 8.97. The fourth-order valence-electron chi connectivity index (χ4n) is 9.51. The molecule has 4 fully saturated rings. The van der Waals surface area contributed by atoms with Gasteiger partial charge < -0.3 is 15.1 Å². The molecule has 0 spiro atoms. The second-order valence-corrected chi connectivity index (χ2v) is 13.0. The van der Waals surface area contributed by atoms with Gasteiger partial charge in [-0.15, -0.1) is 0 Å². The molecule has 1 aliphatic heterocycles. The number of allylic oxidation sites excluding steroid dienone is 1. The van der Waals surface area contributed by atoms with Crippen molar-refractivity contribution in [2.75, 3.05) is 13.1 Å². The van der Waals surface area contributed by atoms with Crippen LogP contribution in [-0.4, -0.2) is 46.3 Å². The van der Waals surface area contributed by atoms with Crippen molar-refractivity contribution in [2.45, 2.75) is 110 Å². The summed E-state index contributed by atoms with van der Waals surface area (Å²) >= 11 is 0. The van der Waals surface area contributed by atoms with Gasteiger partial charge in [-0.1, -0.05) is 32.4 Å². The fraction of sp³-hybridized carbons (Fsp3) is 0.897. The Labute approximate surface area is 201 Å². The van der Waals surface area contributed by atoms with E-state index in [0.29, 0.717) is 29.7 Å². The molecule has 9 atom stereocenters. The molecular formula is C29H47NO3. The lowest BCUT2D eigenvalue weighted by Crippen LogP contribution is -2.50. The van der Waals surface area contributed by atoms with Crippen LogP contribution in [0.4, 0.5) is 0 Å². The van der Waals surface area contributed by atoms with Crippen LogP contribution in [-0.2, 0) is 4.79 Å². The number of likely N-dealkylation sites (tertiary alicyclic amines) is 1. The molecule has 3 saturated carbocycles. The quantitative estimate of drug-likeness (QED) is 0.561. The number of β-amino-alcohol motifs (C(OH)–C–C–N with tert-alkyl or cyclic N) is 1. The Morgan fingerprint density at radius 3 is 2.70 bits per heavy atom. The summed E-state index contributed by atoms with van der Waals surface area (Å²) in [4.78, 5) is 14.7. The third-order valence-corrected chi connectivity index (χ3v) is 11.4. The van der Waals surface area contributed by atoms with E-state index < -0.39 is 0 Å². The van der Waals surface area contributed by atoms with Crippen LogP contribution in [0.2, 0.25) is 0 Å². The SMILES string of the molecule is CC(CCC(=O)N1CCCC(O)C1)[C@H]1CC[C@H]2[C@@H]3CC=C4C[C@@H](O)CC[C@]4(C)[C@H]3CC[C@]12C. The molecule has 1 amide bonds. The molecule has 5 rings (SSSR count). The first kappa shape index (κ1) is 23.9. The number of piperidine rings is 1. The fourth-order valence-corrected chi connectivity index (χ4v) is 9.51. The number of amides is 1. The molecule has 4 heteroatoms. The van der Waals surface area contributed by atoms with Crippen LogP contribution in [0.1, 0.15) is 97.8 Å². The lowest BCUT2D eigenvalue weighted by atomic mass is 9.47. The molecule has 1 saturated heterocycles. The van der Waals surface area contributed by atoms with Crippen molar-refractivity contribution in [2.24, 2.45) is 40.4 Å². The van der Waals surface area contributed by atoms with Crippen molar-refractivity contribution in [1.82, 2.24) is 4.90 Å². The molecule has 0 aromatic rings. The van der Waals surface area contributed by atoms with Crippen molar-refractivity contribution in [3.63, 3.8) is 0 Å². The molecule has 2 N–H and O–H groups in total. The van der Waals surface area contributed by atoms with Crippen LogP contribution in [0.3, 0.4) is 0 Å². The van der Waals surface area contributed by atoms with Crippen LogP contribution in [0.15, 0.2) is 11.6 Å². The number of hydrogen-bond donors (Lipinski definition) is 2. The monoisotopic (exact) mass is 457 g/mol. The smallest absolute Gasteiger partial charge is 0.222 e. The summed E-state index contributed by atoms with van der Waals surface area (Å²) in [6, 6.07) is 0. The van der Waals surface area contributed by atoms with Crippen molar-refractivity contribution in [3.05, 3.63) is 11.6 Å². The number of carbonyl (C=O) groups excluding carboxylic acids is 1. The number of fused-ring (bicyclic) bond motifs is 5. The van der Waals surface area contributed by atoms with Crippen molar-refractivity contribution in [3.8, 4) is 0 Å². The zero-order valence-electron chi connectivity index (χ0n) is 21.3. The van der Waals surface area contributed by atoms with Crippen molar-refractivity contribution >= 4 is 5.91 Å². The molecule has 0 aromatic carbocycles. The summed E-state index contributed by atoms with van der Waals surface area (Å²) in [5.74, 6) is 3.99. The lowest BCUT2D eigenvalue weighted by Gasteiger charge is -2.58. The van der Waals surface area contributed by atoms with Crippen LogP contribution >= 0.6 is 0 Å². The van der Waals surface area contributed by atoms with Gasteiger partial charge in [0.25, 0.3) is 0 Å². The molecule has 186 valence electrons. The van der Waals surface area contributed by atoms with Gasteiger partial charge in [-0.05, 0) is 111 Å². The Bertz CT molecular complexity index is 779. The Hall–Kier alpha value is -0.870. The number of aliphatic hydroxyl groups is 2. The summed E-state index contributed by atoms with van der Waals surface area (Å²) in [5, 5.41) is 20.2. The zero-order chi connectivity index (χ0) is 23.4. The highest BCUT2D eigenvalue weighted by Gasteiger charge is 2.59. The average Bonchev–Trinajstić information content (AvgIpc) is 3.15. The normalized spacial score (nSPS) is 46.1. The number of rotatable bonds is 4. The predicted molar refractivity (Wildman–Crippen MR) is 131 cm³/mol. The van der Waals surface area contributed by atoms with Gasteiger partial charge in [0.15, 0.2) is 0 Å². The topological polar surface area (TPSA) is 60.8 Å². The van der Waals surface area contributed by atoms with E-state index >= 15 is 0 Å². The van der Waals surface area contributed by atoms with Gasteiger partial charge in [0.05, 0.1) is 12.2 Å². The maximum Gasteiger partial charge on any atom is 0.222 e. The number of hydrogen-bond acceptors (Lipinski definition) is 3. The zero-order valence-corrected chi connectivity index (χ0v) is 21.3. The van der Waals surface area contributed by atoms with Gasteiger partial charge in [0.1, 0.15) is 0 Å². The molecule has 0 bridgehead atoms. The Morgan fingerprint density at radius 1 is 1.09 bits per heavy atom. The maximum absolute atomic E-state index is 12.8. The average molecular weight is 458 g/mol. The van der Waals surface area contributed by atoms with Crippen molar-refractivity contribution in [1.29, 1.82) is 0 Å². The molecule has 5 aliphatic rings. The van der Waals surface area contributed by atoms with Gasteiger partial charge >= 0.3 is 0 Å². The summed E-state index contributed by atoms with van der Waals surface area (Å²) in [6.45, 7) is 8.87. The van der Waals surface area contributed by atoms with Gasteiger partial charge in [-0.3, -0.25) is 4.79 Å². The highest BCUT2D eigenvalue weighted by molar-refractivity contribution is 5.76. The molecule has 0 aromatic heterocycles. The van der Waals surface area contributed by atoms with Gasteiger partial charge in [-0.25, -0.2) is 0 Å². The molecular weight excluding hydrogens is 410 g/mol. The highest BCUT2D eigenvalue weighted by atomic mass is 16.3. The van der Waals surface area contributed by atoms with Crippen LogP contribution < -0.4 is 0 Å². The van der Waals surface area contributed by atoms with E-state index in [9.17, 15) is 15.0 Å². The van der Waals surface area contributed by atoms with E-state index in [-0.39, 0.29) is 18.1 Å². The standard InChI is InChI=1S/C29H47NO3/c1-19(6-11-27(33)30-16-4-5-22(32)18-30)24-9-10-25-23-8-7-20-17-21(31)12-14-28(20,2)26(23)13-15-29(24,25)3/h7,19,21-26,31-32H,4-6,8-18H2,1-3H3/t19?,21-,22?,23-,24+,25-,26-,28-,29+/m0/s1. The second-order valence-electron chi connectivity index (χ2n) is 13.0. The maximum atomic E-state index is 12.8. The van der Waals surface area contributed by atoms with Gasteiger partial charge in [-0.2, -0.15) is 0 Å². The predicted octanol–water partition coefficient (Wildman–Crippen LogP) is 5.33. The lowest BCUT2D eigenvalue weighted by molar-refractivity contribution is -0.134. The minimum absolute atomic E-state index is 0.123. The first-order chi connectivity index (χ1) is 15.7. The van der Waals surface area contributed by atoms with E-state index in [1.54, 1.807) is 5.57 Å². The molecule has 33 heavy (non-hydrogen) atoms. The number of nitrogens with zero attached hydrogens (tertiary/aromatic N) is 1. The molecule has 1 heterocycles. The highest BCUT2D eigenvalue weighted by Crippen LogP contribution is 2.67. The first-order valence-electron chi connectivity index (χ1n) is 14.1. The van der Waals surface area contributed by atoms with Crippen molar-refractivity contribution < 1.29 is 15.0 Å². The van der Waals surface area contributed by atoms with Crippen LogP contribution in [0, 0.1) is 40.4 Å². The van der Waals surface area contributed by atoms with E-state index in [0.717, 1.165) is 68.7 Å². The molecule has 4 nitrogen and oxygen atoms in total. The third kappa shape index (κ3) is 4.11. The van der Waals surface area contributed by atoms with E-state index in [2.05, 4.69) is 26.8 Å². The Kier molecular flexibility index (Phi) is 6.48. The van der Waals surface area contributed by atoms with Gasteiger partial charge in [0, 0.05) is 19.5 Å². The molecule has 2 unspecified atom stereocenters. The van der Waals surface area contributed by atoms with E-state index in [1.165, 1.54) is 32.1 Å². The van der Waals surface area contributed by atoms with Crippen LogP contribution in [0.25, 0.3) is 0 Å². The third-order valence-electron chi connectivity index (χ3n) is 11.4. The molecule has 0 radical (unpaired) electrons. The summed E-state index contributed by atoms with van der Waals surface area (Å²) in [5.41, 5.74) is 2.30. The molecule has 4 aliphatic carbocycles. The Balaban J connectivity index is 1.24. The van der Waals surface area contributed by atoms with E-state index in [4.69, 9.17) is 0 Å². The first-order valence-corrected chi connectivity index (χ1v) is 14.1. The van der Waals surface area contributed by atoms with Gasteiger partial charge in [0.2, 0.25) is 5.91 Å².